The summed E-state index contributed by atoms with van der Waals surface area (Å²) in [4.78, 5) is 15.4. The van der Waals surface area contributed by atoms with Gasteiger partial charge in [0.2, 0.25) is 5.78 Å². The largest absolute Gasteiger partial charge is 0.507 e. The van der Waals surface area contributed by atoms with Gasteiger partial charge in [-0.2, -0.15) is 5.10 Å². The smallest absolute Gasteiger partial charge is 0.226 e. The number of allylic oxidation sites excluding steroid dienone is 1. The molecule has 2 aromatic heterocycles. The lowest BCUT2D eigenvalue weighted by molar-refractivity contribution is 0.103. The number of ketones is 1. The van der Waals surface area contributed by atoms with Crippen molar-refractivity contribution in [1.29, 1.82) is 0 Å². The van der Waals surface area contributed by atoms with E-state index in [1.54, 1.807) is 12.1 Å². The number of halogens is 1. The van der Waals surface area contributed by atoms with Gasteiger partial charge in [0, 0.05) is 11.6 Å². The average molecular weight is 299 g/mol. The average Bonchev–Trinajstić information content (AvgIpc) is 3.19. The molecule has 0 aliphatic carbocycles. The molecular weight excluding hydrogens is 289 g/mol. The third-order valence-corrected chi connectivity index (χ3v) is 2.92. The maximum absolute atomic E-state index is 13.2. The number of rotatable bonds is 4. The molecule has 22 heavy (non-hydrogen) atoms. The van der Waals surface area contributed by atoms with Crippen LogP contribution in [0.15, 0.2) is 53.4 Å². The maximum atomic E-state index is 13.2. The Bertz CT molecular complexity index is 837. The number of aliphatic hydroxyl groups is 1. The molecule has 0 aliphatic heterocycles. The van der Waals surface area contributed by atoms with Crippen LogP contribution < -0.4 is 0 Å². The van der Waals surface area contributed by atoms with Gasteiger partial charge in [0.05, 0.1) is 5.56 Å². The van der Waals surface area contributed by atoms with E-state index in [4.69, 9.17) is 4.42 Å². The number of carbonyl (C=O) groups is 1. The van der Waals surface area contributed by atoms with Crippen molar-refractivity contribution >= 4 is 11.5 Å². The van der Waals surface area contributed by atoms with Crippen LogP contribution in [0.2, 0.25) is 0 Å². The number of hydrogen-bond donors (Lipinski definition) is 2. The Morgan fingerprint density at radius 2 is 2.23 bits per heavy atom. The molecule has 0 atom stereocenters. The second kappa shape index (κ2) is 5.65. The summed E-state index contributed by atoms with van der Waals surface area (Å²) < 4.78 is 18.5. The van der Waals surface area contributed by atoms with Crippen LogP contribution in [0, 0.1) is 5.82 Å². The summed E-state index contributed by atoms with van der Waals surface area (Å²) in [7, 11) is 0. The number of benzene rings is 1. The van der Waals surface area contributed by atoms with Crippen molar-refractivity contribution in [3.8, 4) is 11.3 Å². The first-order valence-corrected chi connectivity index (χ1v) is 6.28. The van der Waals surface area contributed by atoms with Gasteiger partial charge in [-0.3, -0.25) is 9.89 Å². The minimum Gasteiger partial charge on any atom is -0.507 e. The zero-order valence-corrected chi connectivity index (χ0v) is 11.2. The van der Waals surface area contributed by atoms with Crippen LogP contribution in [0.25, 0.3) is 17.1 Å². The monoisotopic (exact) mass is 299 g/mol. The van der Waals surface area contributed by atoms with Gasteiger partial charge in [-0.1, -0.05) is 12.1 Å². The Morgan fingerprint density at radius 3 is 2.95 bits per heavy atom. The van der Waals surface area contributed by atoms with E-state index in [1.165, 1.54) is 30.8 Å². The fourth-order valence-corrected chi connectivity index (χ4v) is 1.86. The lowest BCUT2D eigenvalue weighted by Gasteiger charge is -1.95. The van der Waals surface area contributed by atoms with Crippen molar-refractivity contribution in [2.75, 3.05) is 0 Å². The van der Waals surface area contributed by atoms with Crippen molar-refractivity contribution in [3.63, 3.8) is 0 Å². The van der Waals surface area contributed by atoms with Gasteiger partial charge < -0.3 is 9.52 Å². The van der Waals surface area contributed by atoms with E-state index >= 15 is 0 Å². The van der Waals surface area contributed by atoms with Gasteiger partial charge in [-0.05, 0) is 18.2 Å². The molecule has 6 nitrogen and oxygen atoms in total. The molecule has 1 aromatic carbocycles. The summed E-state index contributed by atoms with van der Waals surface area (Å²) in [6, 6.07) is 7.36. The van der Waals surface area contributed by atoms with Crippen LogP contribution in [0.4, 0.5) is 4.39 Å². The van der Waals surface area contributed by atoms with E-state index in [0.717, 1.165) is 6.08 Å². The fraction of sp³-hybridized carbons (Fsp3) is 0. The van der Waals surface area contributed by atoms with Crippen LogP contribution >= 0.6 is 0 Å². The van der Waals surface area contributed by atoms with E-state index in [-0.39, 0.29) is 11.6 Å². The molecule has 3 aromatic rings. The summed E-state index contributed by atoms with van der Waals surface area (Å²) in [6.07, 6.45) is 3.47. The van der Waals surface area contributed by atoms with E-state index in [9.17, 15) is 14.3 Å². The van der Waals surface area contributed by atoms with Gasteiger partial charge in [0.25, 0.3) is 0 Å². The molecule has 2 heterocycles. The predicted octanol–water partition coefficient (Wildman–Crippen LogP) is 2.99. The number of hydrogen-bond acceptors (Lipinski definition) is 5. The molecule has 7 heteroatoms. The molecule has 110 valence electrons. The normalized spacial score (nSPS) is 11.6. The lowest BCUT2D eigenvalue weighted by Crippen LogP contribution is -1.98. The molecule has 0 saturated heterocycles. The number of H-pyrrole nitrogens is 1. The number of nitrogens with zero attached hydrogens (tertiary/aromatic N) is 2. The number of aromatic nitrogens is 3. The standard InChI is InChI=1S/C15H10FN3O3/c16-11-3-1-2-9(4-11)14-5-10(7-22-14)12(20)6-13(21)15-17-8-18-19-15/h1-8,20H,(H,17,18,19). The SMILES string of the molecule is O=C(C=C(O)c1coc(-c2cccc(F)c2)c1)c1ncn[nH]1. The first-order valence-electron chi connectivity index (χ1n) is 6.28. The molecule has 0 aliphatic rings. The summed E-state index contributed by atoms with van der Waals surface area (Å²) >= 11 is 0. The number of aromatic amines is 1. The van der Waals surface area contributed by atoms with Crippen LogP contribution in [-0.4, -0.2) is 26.1 Å². The second-order valence-electron chi connectivity index (χ2n) is 4.44. The summed E-state index contributed by atoms with van der Waals surface area (Å²) in [5, 5.41) is 15.9. The third-order valence-electron chi connectivity index (χ3n) is 2.92. The number of furan rings is 1. The maximum Gasteiger partial charge on any atom is 0.226 e. The van der Waals surface area contributed by atoms with E-state index in [1.807, 2.05) is 0 Å². The first kappa shape index (κ1) is 13.7. The Kier molecular flexibility index (Phi) is 3.53. The predicted molar refractivity (Wildman–Crippen MR) is 75.4 cm³/mol. The molecular formula is C15H10FN3O3. The van der Waals surface area contributed by atoms with Crippen LogP contribution in [0.5, 0.6) is 0 Å². The molecule has 3 rings (SSSR count). The van der Waals surface area contributed by atoms with E-state index < -0.39 is 11.6 Å². The Balaban J connectivity index is 1.85. The molecule has 0 saturated carbocycles. The highest BCUT2D eigenvalue weighted by molar-refractivity contribution is 6.05. The lowest BCUT2D eigenvalue weighted by atomic mass is 10.1. The number of nitrogens with one attached hydrogen (secondary N) is 1. The molecule has 2 N–H and O–H groups in total. The van der Waals surface area contributed by atoms with Crippen molar-refractivity contribution in [3.05, 3.63) is 66.2 Å². The third kappa shape index (κ3) is 2.78. The van der Waals surface area contributed by atoms with Crippen molar-refractivity contribution in [2.24, 2.45) is 0 Å². The molecule has 0 radical (unpaired) electrons. The summed E-state index contributed by atoms with van der Waals surface area (Å²) in [5.41, 5.74) is 0.827. The zero-order valence-electron chi connectivity index (χ0n) is 11.2. The molecule has 0 spiro atoms. The minimum atomic E-state index is -0.525. The van der Waals surface area contributed by atoms with E-state index in [0.29, 0.717) is 16.9 Å². The van der Waals surface area contributed by atoms with Gasteiger partial charge in [-0.25, -0.2) is 9.37 Å². The highest BCUT2D eigenvalue weighted by atomic mass is 19.1. The highest BCUT2D eigenvalue weighted by Crippen LogP contribution is 2.25. The summed E-state index contributed by atoms with van der Waals surface area (Å²) in [6.45, 7) is 0. The molecule has 0 unspecified atom stereocenters. The number of carbonyl (C=O) groups excluding carboxylic acids is 1. The Hall–Kier alpha value is -3.22. The summed E-state index contributed by atoms with van der Waals surface area (Å²) in [5.74, 6) is -0.811. The number of aliphatic hydroxyl groups excluding tert-OH is 1. The highest BCUT2D eigenvalue weighted by Gasteiger charge is 2.12. The molecule has 0 bridgehead atoms. The van der Waals surface area contributed by atoms with Crippen molar-refractivity contribution < 1.29 is 18.7 Å². The molecule has 0 fully saturated rings. The van der Waals surface area contributed by atoms with Crippen molar-refractivity contribution in [1.82, 2.24) is 15.2 Å². The Morgan fingerprint density at radius 1 is 1.36 bits per heavy atom. The topological polar surface area (TPSA) is 92.0 Å². The quantitative estimate of drug-likeness (QED) is 0.439. The van der Waals surface area contributed by atoms with Gasteiger partial charge in [-0.15, -0.1) is 0 Å². The zero-order chi connectivity index (χ0) is 15.5. The second-order valence-corrected chi connectivity index (χ2v) is 4.44. The van der Waals surface area contributed by atoms with Crippen LogP contribution in [0.1, 0.15) is 16.2 Å². The van der Waals surface area contributed by atoms with Crippen LogP contribution in [0.3, 0.4) is 0 Å². The van der Waals surface area contributed by atoms with Gasteiger partial charge >= 0.3 is 0 Å². The Labute approximate surface area is 123 Å². The fourth-order valence-electron chi connectivity index (χ4n) is 1.86. The van der Waals surface area contributed by atoms with Crippen LogP contribution in [-0.2, 0) is 0 Å². The first-order chi connectivity index (χ1) is 10.6. The van der Waals surface area contributed by atoms with Gasteiger partial charge in [0.1, 0.15) is 29.9 Å². The van der Waals surface area contributed by atoms with Crippen molar-refractivity contribution in [2.45, 2.75) is 0 Å². The molecule has 0 amide bonds. The van der Waals surface area contributed by atoms with E-state index in [2.05, 4.69) is 15.2 Å². The van der Waals surface area contributed by atoms with Gasteiger partial charge in [0.15, 0.2) is 5.82 Å². The minimum absolute atomic E-state index is 0.0143.